The van der Waals surface area contributed by atoms with Gasteiger partial charge < -0.3 is 4.74 Å². The van der Waals surface area contributed by atoms with Gasteiger partial charge in [-0.25, -0.2) is 0 Å². The predicted molar refractivity (Wildman–Crippen MR) is 49.5 cm³/mol. The van der Waals surface area contributed by atoms with Crippen molar-refractivity contribution in [3.63, 3.8) is 0 Å². The van der Waals surface area contributed by atoms with E-state index in [1.54, 1.807) is 6.92 Å². The normalized spacial score (nSPS) is 12.5. The molecule has 0 saturated carbocycles. The van der Waals surface area contributed by atoms with E-state index in [9.17, 15) is 4.79 Å². The Hall–Kier alpha value is -0.540. The van der Waals surface area contributed by atoms with Gasteiger partial charge in [-0.3, -0.25) is 4.79 Å². The summed E-state index contributed by atoms with van der Waals surface area (Å²) in [6.07, 6.45) is 0. The van der Waals surface area contributed by atoms with Gasteiger partial charge in [0.15, 0.2) is 5.38 Å². The monoisotopic (exact) mass is 204 g/mol. The Balaban J connectivity index is 2.59. The first kappa shape index (κ1) is 9.55. The van der Waals surface area contributed by atoms with E-state index in [1.807, 2.05) is 16.8 Å². The number of hydrogen-bond donors (Lipinski definition) is 0. The molecule has 0 aliphatic heterocycles. The zero-order valence-corrected chi connectivity index (χ0v) is 8.19. The molecule has 0 spiro atoms. The van der Waals surface area contributed by atoms with Crippen LogP contribution in [0.25, 0.3) is 0 Å². The highest BCUT2D eigenvalue weighted by Crippen LogP contribution is 2.23. The van der Waals surface area contributed by atoms with Crippen LogP contribution in [0, 0.1) is 0 Å². The molecule has 0 saturated heterocycles. The Morgan fingerprint density at radius 3 is 3.08 bits per heavy atom. The first-order valence-corrected chi connectivity index (χ1v) is 4.96. The zero-order valence-electron chi connectivity index (χ0n) is 6.62. The van der Waals surface area contributed by atoms with Gasteiger partial charge in [0.25, 0.3) is 0 Å². The molecule has 0 fully saturated rings. The number of rotatable bonds is 3. The van der Waals surface area contributed by atoms with Gasteiger partial charge in [-0.2, -0.15) is 11.3 Å². The highest BCUT2D eigenvalue weighted by Gasteiger charge is 2.18. The number of hydrogen-bond acceptors (Lipinski definition) is 3. The lowest BCUT2D eigenvalue weighted by atomic mass is 10.2. The first-order valence-electron chi connectivity index (χ1n) is 3.58. The van der Waals surface area contributed by atoms with Crippen LogP contribution in [0.2, 0.25) is 0 Å². The minimum Gasteiger partial charge on any atom is -0.465 e. The lowest BCUT2D eigenvalue weighted by molar-refractivity contribution is -0.142. The van der Waals surface area contributed by atoms with Crippen molar-refractivity contribution in [2.45, 2.75) is 12.3 Å². The van der Waals surface area contributed by atoms with Crippen LogP contribution in [0.4, 0.5) is 0 Å². The summed E-state index contributed by atoms with van der Waals surface area (Å²) in [5, 5.41) is 3.06. The van der Waals surface area contributed by atoms with Crippen molar-refractivity contribution in [3.8, 4) is 0 Å². The molecule has 0 radical (unpaired) electrons. The summed E-state index contributed by atoms with van der Waals surface area (Å²) in [5.41, 5.74) is 0.806. The summed E-state index contributed by atoms with van der Waals surface area (Å²) in [7, 11) is 0. The summed E-state index contributed by atoms with van der Waals surface area (Å²) in [6, 6.07) is 1.82. The molecule has 0 aromatic carbocycles. The molecule has 0 bridgehead atoms. The van der Waals surface area contributed by atoms with Crippen LogP contribution < -0.4 is 0 Å². The van der Waals surface area contributed by atoms with Gasteiger partial charge in [-0.1, -0.05) is 0 Å². The van der Waals surface area contributed by atoms with Crippen molar-refractivity contribution in [2.75, 3.05) is 6.61 Å². The fourth-order valence-corrected chi connectivity index (χ4v) is 1.73. The van der Waals surface area contributed by atoms with Crippen molar-refractivity contribution in [3.05, 3.63) is 22.4 Å². The summed E-state index contributed by atoms with van der Waals surface area (Å²) in [6.45, 7) is 2.13. The van der Waals surface area contributed by atoms with Crippen molar-refractivity contribution in [1.29, 1.82) is 0 Å². The Morgan fingerprint density at radius 1 is 1.83 bits per heavy atom. The quantitative estimate of drug-likeness (QED) is 0.559. The van der Waals surface area contributed by atoms with Crippen LogP contribution in [0.5, 0.6) is 0 Å². The van der Waals surface area contributed by atoms with Crippen LogP contribution in [-0.2, 0) is 9.53 Å². The van der Waals surface area contributed by atoms with E-state index in [0.29, 0.717) is 6.61 Å². The lowest BCUT2D eigenvalue weighted by Gasteiger charge is -2.05. The van der Waals surface area contributed by atoms with Crippen molar-refractivity contribution >= 4 is 28.9 Å². The standard InChI is InChI=1S/C8H9ClO2S/c1-2-11-8(10)7(9)6-3-4-12-5-6/h3-5,7H,2H2,1H3. The average Bonchev–Trinajstić information content (AvgIpc) is 2.55. The molecule has 1 rings (SSSR count). The second-order valence-corrected chi connectivity index (χ2v) is 3.39. The maximum absolute atomic E-state index is 11.1. The molecule has 1 atom stereocenters. The van der Waals surface area contributed by atoms with Crippen molar-refractivity contribution < 1.29 is 9.53 Å². The molecule has 1 unspecified atom stereocenters. The number of esters is 1. The van der Waals surface area contributed by atoms with E-state index < -0.39 is 5.38 Å². The molecule has 12 heavy (non-hydrogen) atoms. The van der Waals surface area contributed by atoms with Crippen LogP contribution in [0.3, 0.4) is 0 Å². The van der Waals surface area contributed by atoms with Crippen LogP contribution in [0.1, 0.15) is 17.9 Å². The average molecular weight is 205 g/mol. The third-order valence-corrected chi connectivity index (χ3v) is 2.46. The number of ether oxygens (including phenoxy) is 1. The van der Waals surface area contributed by atoms with Gasteiger partial charge >= 0.3 is 5.97 Å². The third-order valence-electron chi connectivity index (χ3n) is 1.33. The maximum atomic E-state index is 11.1. The van der Waals surface area contributed by atoms with Crippen LogP contribution >= 0.6 is 22.9 Å². The fraction of sp³-hybridized carbons (Fsp3) is 0.375. The zero-order chi connectivity index (χ0) is 8.97. The van der Waals surface area contributed by atoms with Crippen LogP contribution in [-0.4, -0.2) is 12.6 Å². The summed E-state index contributed by atoms with van der Waals surface area (Å²) >= 11 is 7.32. The van der Waals surface area contributed by atoms with Crippen LogP contribution in [0.15, 0.2) is 16.8 Å². The first-order chi connectivity index (χ1) is 5.75. The summed E-state index contributed by atoms with van der Waals surface area (Å²) < 4.78 is 4.76. The Bertz CT molecular complexity index is 246. The fourth-order valence-electron chi connectivity index (χ4n) is 0.771. The van der Waals surface area contributed by atoms with Crippen molar-refractivity contribution in [2.24, 2.45) is 0 Å². The number of carbonyl (C=O) groups is 1. The molecule has 1 aromatic heterocycles. The number of carbonyl (C=O) groups excluding carboxylic acids is 1. The van der Waals surface area contributed by atoms with E-state index in [1.165, 1.54) is 11.3 Å². The molecular weight excluding hydrogens is 196 g/mol. The Morgan fingerprint density at radius 2 is 2.58 bits per heavy atom. The van der Waals surface area contributed by atoms with Crippen molar-refractivity contribution in [1.82, 2.24) is 0 Å². The molecule has 0 aliphatic carbocycles. The van der Waals surface area contributed by atoms with Gasteiger partial charge in [0.05, 0.1) is 6.61 Å². The predicted octanol–water partition coefficient (Wildman–Crippen LogP) is 2.59. The van der Waals surface area contributed by atoms with Gasteiger partial charge in [0.2, 0.25) is 0 Å². The van der Waals surface area contributed by atoms with Gasteiger partial charge in [0.1, 0.15) is 0 Å². The topological polar surface area (TPSA) is 26.3 Å². The van der Waals surface area contributed by atoms with E-state index in [4.69, 9.17) is 16.3 Å². The Kier molecular flexibility index (Phi) is 3.56. The van der Waals surface area contributed by atoms with Gasteiger partial charge in [0, 0.05) is 0 Å². The molecule has 0 aliphatic rings. The molecule has 66 valence electrons. The highest BCUT2D eigenvalue weighted by molar-refractivity contribution is 7.08. The smallest absolute Gasteiger partial charge is 0.328 e. The van der Waals surface area contributed by atoms with Gasteiger partial charge in [-0.15, -0.1) is 11.6 Å². The highest BCUT2D eigenvalue weighted by atomic mass is 35.5. The molecule has 0 N–H and O–H groups in total. The molecule has 2 nitrogen and oxygen atoms in total. The van der Waals surface area contributed by atoms with E-state index in [0.717, 1.165) is 5.56 Å². The van der Waals surface area contributed by atoms with Gasteiger partial charge in [-0.05, 0) is 29.3 Å². The molecule has 4 heteroatoms. The van der Waals surface area contributed by atoms with E-state index >= 15 is 0 Å². The number of thiophene rings is 1. The number of alkyl halides is 1. The SMILES string of the molecule is CCOC(=O)C(Cl)c1ccsc1. The molecular formula is C8H9ClO2S. The van der Waals surface area contributed by atoms with E-state index in [-0.39, 0.29) is 5.97 Å². The minimum absolute atomic E-state index is 0.367. The molecule has 1 heterocycles. The summed E-state index contributed by atoms with van der Waals surface area (Å²) in [4.78, 5) is 11.1. The molecule has 0 amide bonds. The largest absolute Gasteiger partial charge is 0.465 e. The second kappa shape index (κ2) is 4.48. The second-order valence-electron chi connectivity index (χ2n) is 2.17. The minimum atomic E-state index is -0.656. The van der Waals surface area contributed by atoms with E-state index in [2.05, 4.69) is 0 Å². The summed E-state index contributed by atoms with van der Waals surface area (Å²) in [5.74, 6) is -0.377. The Labute approximate surface area is 80.1 Å². The maximum Gasteiger partial charge on any atom is 0.328 e. The lowest BCUT2D eigenvalue weighted by Crippen LogP contribution is -2.10. The molecule has 1 aromatic rings. The third kappa shape index (κ3) is 2.22. The number of halogens is 1.